The Morgan fingerprint density at radius 3 is 0.662 bits per heavy atom. The van der Waals surface area contributed by atoms with Gasteiger partial charge in [0.25, 0.3) is 0 Å². The van der Waals surface area contributed by atoms with Gasteiger partial charge in [0.15, 0.2) is 0 Å². The van der Waals surface area contributed by atoms with Crippen molar-refractivity contribution in [3.8, 4) is 22.3 Å². The Morgan fingerprint density at radius 2 is 0.455 bits per heavy atom. The summed E-state index contributed by atoms with van der Waals surface area (Å²) in [4.78, 5) is 24.6. The van der Waals surface area contributed by atoms with E-state index in [1.165, 1.54) is 44.5 Å². The molecule has 2 aliphatic carbocycles. The summed E-state index contributed by atoms with van der Waals surface area (Å²) in [6.45, 7) is 13.1. The van der Waals surface area contributed by atoms with Crippen molar-refractivity contribution in [3.05, 3.63) is 119 Å². The molecule has 0 spiro atoms. The second kappa shape index (κ2) is 39.3. The number of hydrogen-bond donors (Lipinski definition) is 2. The minimum atomic E-state index is -0.458. The van der Waals surface area contributed by atoms with Crippen LogP contribution in [0.4, 0.5) is 9.59 Å². The lowest BCUT2D eigenvalue weighted by Gasteiger charge is -2.14. The van der Waals surface area contributed by atoms with Gasteiger partial charge in [-0.1, -0.05) is 97.1 Å². The van der Waals surface area contributed by atoms with Crippen LogP contribution in [0.3, 0.4) is 0 Å². The molecule has 0 radical (unpaired) electrons. The van der Waals surface area contributed by atoms with Crippen LogP contribution in [-0.4, -0.2) is 210 Å². The van der Waals surface area contributed by atoms with Crippen LogP contribution in [0.25, 0.3) is 22.3 Å². The van der Waals surface area contributed by atoms with Crippen molar-refractivity contribution < 1.29 is 80.6 Å². The fraction of sp³-hybridized carbons (Fsp3) is 0.552. The van der Waals surface area contributed by atoms with E-state index in [1.54, 1.807) is 0 Å². The van der Waals surface area contributed by atoms with Gasteiger partial charge in [-0.15, -0.1) is 0 Å². The van der Waals surface area contributed by atoms with E-state index in [2.05, 4.69) is 59.2 Å². The molecule has 77 heavy (non-hydrogen) atoms. The number of carbonyl (C=O) groups excluding carboxylic acids is 2. The molecule has 4 aromatic rings. The zero-order chi connectivity index (χ0) is 53.5. The molecule has 4 aromatic carbocycles. The number of carbonyl (C=O) groups is 2. The Balaban J connectivity index is 0.564. The maximum Gasteiger partial charge on any atom is 0.407 e. The van der Waals surface area contributed by atoms with E-state index in [9.17, 15) is 9.59 Å². The first-order valence-corrected chi connectivity index (χ1v) is 26.9. The van der Waals surface area contributed by atoms with Crippen LogP contribution in [0.5, 0.6) is 0 Å². The van der Waals surface area contributed by atoms with Gasteiger partial charge in [-0.2, -0.15) is 0 Å². The first kappa shape index (κ1) is 61.1. The summed E-state index contributed by atoms with van der Waals surface area (Å²) >= 11 is 0. The van der Waals surface area contributed by atoms with Gasteiger partial charge in [0.1, 0.15) is 13.2 Å². The van der Waals surface area contributed by atoms with Crippen LogP contribution in [0.2, 0.25) is 0 Å². The summed E-state index contributed by atoms with van der Waals surface area (Å²) in [6.07, 6.45) is -0.916. The molecule has 6 rings (SSSR count). The lowest BCUT2D eigenvalue weighted by molar-refractivity contribution is -0.0289. The number of hydrogen-bond acceptors (Lipinski definition) is 17. The number of benzene rings is 4. The lowest BCUT2D eigenvalue weighted by atomic mass is 9.98. The standard InChI is InChI=1S/C58H80N2O17/c61-57(76-45-55-51-13-5-1-9-47(51)48-10-2-6-14-52(48)55)59-17-19-63-21-23-65-25-27-67-29-31-69-33-35-71-37-39-73-41-43-75-44-42-74-40-38-72-36-34-70-32-30-68-28-26-66-24-22-64-20-18-60-58(62)77-46-56-53-15-7-3-11-49(53)50-12-4-8-16-54(50)56/h1-16,55-56H,17-46H2,(H,59,61)(H,60,62). The Hall–Kier alpha value is -5.10. The van der Waals surface area contributed by atoms with Gasteiger partial charge >= 0.3 is 12.2 Å². The van der Waals surface area contributed by atoms with Gasteiger partial charge in [-0.25, -0.2) is 9.59 Å². The molecule has 19 nitrogen and oxygen atoms in total. The monoisotopic (exact) mass is 1080 g/mol. The van der Waals surface area contributed by atoms with Crippen molar-refractivity contribution in [2.45, 2.75) is 11.8 Å². The molecule has 424 valence electrons. The molecule has 2 N–H and O–H groups in total. The molecule has 0 atom stereocenters. The Bertz CT molecular complexity index is 1960. The van der Waals surface area contributed by atoms with E-state index < -0.39 is 12.2 Å². The van der Waals surface area contributed by atoms with Gasteiger partial charge in [-0.05, 0) is 44.5 Å². The van der Waals surface area contributed by atoms with E-state index in [4.69, 9.17) is 71.1 Å². The Kier molecular flexibility index (Phi) is 31.2. The van der Waals surface area contributed by atoms with Crippen molar-refractivity contribution >= 4 is 12.2 Å². The van der Waals surface area contributed by atoms with Crippen molar-refractivity contribution in [2.75, 3.05) is 198 Å². The molecule has 2 aliphatic rings. The molecule has 19 heteroatoms. The van der Waals surface area contributed by atoms with E-state index in [-0.39, 0.29) is 25.0 Å². The Labute approximate surface area is 453 Å². The third-order valence-corrected chi connectivity index (χ3v) is 12.2. The van der Waals surface area contributed by atoms with Gasteiger partial charge < -0.3 is 81.7 Å². The SMILES string of the molecule is O=C(NCCOCCOCCOCCOCCOCCOCCOCCOCCOCCOCCOCCOCCOCCNC(=O)OCC1c2ccccc2-c2ccccc21)OCC1c2ccccc2-c2ccccc21. The average molecular weight is 1080 g/mol. The van der Waals surface area contributed by atoms with Crippen molar-refractivity contribution in [3.63, 3.8) is 0 Å². The molecule has 0 aliphatic heterocycles. The summed E-state index contributed by atoms with van der Waals surface area (Å²) < 4.78 is 83.0. The number of ether oxygens (including phenoxy) is 15. The van der Waals surface area contributed by atoms with Crippen molar-refractivity contribution in [1.29, 1.82) is 0 Å². The fourth-order valence-corrected chi connectivity index (χ4v) is 8.49. The number of fused-ring (bicyclic) bond motifs is 6. The molecular formula is C58H80N2O17. The van der Waals surface area contributed by atoms with Crippen molar-refractivity contribution in [1.82, 2.24) is 10.6 Å². The van der Waals surface area contributed by atoms with Crippen molar-refractivity contribution in [2.24, 2.45) is 0 Å². The maximum atomic E-state index is 12.3. The molecule has 0 unspecified atom stereocenters. The number of rotatable bonds is 46. The highest BCUT2D eigenvalue weighted by atomic mass is 16.6. The van der Waals surface area contributed by atoms with E-state index in [0.717, 1.165) is 0 Å². The highest BCUT2D eigenvalue weighted by Gasteiger charge is 2.30. The Morgan fingerprint density at radius 1 is 0.273 bits per heavy atom. The van der Waals surface area contributed by atoms with Crippen LogP contribution in [0, 0.1) is 0 Å². The summed E-state index contributed by atoms with van der Waals surface area (Å²) in [6, 6.07) is 33.0. The van der Waals surface area contributed by atoms with E-state index in [0.29, 0.717) is 185 Å². The largest absolute Gasteiger partial charge is 0.449 e. The minimum Gasteiger partial charge on any atom is -0.449 e. The molecular weight excluding hydrogens is 997 g/mol. The molecule has 0 fully saturated rings. The number of amides is 2. The van der Waals surface area contributed by atoms with Gasteiger partial charge in [-0.3, -0.25) is 0 Å². The van der Waals surface area contributed by atoms with Gasteiger partial charge in [0, 0.05) is 24.9 Å². The van der Waals surface area contributed by atoms with Crippen LogP contribution < -0.4 is 10.6 Å². The third kappa shape index (κ3) is 23.8. The topological polar surface area (TPSA) is 197 Å². The predicted molar refractivity (Wildman–Crippen MR) is 287 cm³/mol. The second-order valence-electron chi connectivity index (χ2n) is 17.5. The molecule has 0 bridgehead atoms. The number of alkyl carbamates (subject to hydrolysis) is 2. The molecule has 0 aromatic heterocycles. The summed E-state index contributed by atoms with van der Waals surface area (Å²) in [7, 11) is 0. The van der Waals surface area contributed by atoms with Crippen LogP contribution in [-0.2, 0) is 71.1 Å². The third-order valence-electron chi connectivity index (χ3n) is 12.2. The van der Waals surface area contributed by atoms with E-state index >= 15 is 0 Å². The summed E-state index contributed by atoms with van der Waals surface area (Å²) in [5.41, 5.74) is 9.51. The second-order valence-corrected chi connectivity index (χ2v) is 17.5. The smallest absolute Gasteiger partial charge is 0.407 e. The summed E-state index contributed by atoms with van der Waals surface area (Å²) in [5, 5.41) is 5.49. The summed E-state index contributed by atoms with van der Waals surface area (Å²) in [5.74, 6) is 0.0574. The predicted octanol–water partition coefficient (Wildman–Crippen LogP) is 6.28. The lowest BCUT2D eigenvalue weighted by Crippen LogP contribution is -2.29. The molecule has 0 heterocycles. The van der Waals surface area contributed by atoms with E-state index in [1.807, 2.05) is 48.5 Å². The van der Waals surface area contributed by atoms with Gasteiger partial charge in [0.2, 0.25) is 0 Å². The quantitative estimate of drug-likeness (QED) is 0.0469. The molecule has 0 saturated heterocycles. The fourth-order valence-electron chi connectivity index (χ4n) is 8.49. The highest BCUT2D eigenvalue weighted by Crippen LogP contribution is 2.45. The number of nitrogens with one attached hydrogen (secondary N) is 2. The normalized spacial score (nSPS) is 12.6. The first-order chi connectivity index (χ1) is 38.2. The average Bonchev–Trinajstić information content (AvgIpc) is 3.99. The van der Waals surface area contributed by atoms with Gasteiger partial charge in [0.05, 0.1) is 172 Å². The zero-order valence-corrected chi connectivity index (χ0v) is 44.5. The minimum absolute atomic E-state index is 0.0287. The first-order valence-electron chi connectivity index (χ1n) is 26.9. The maximum absolute atomic E-state index is 12.3. The molecule has 0 saturated carbocycles. The van der Waals surface area contributed by atoms with Crippen LogP contribution in [0.1, 0.15) is 34.1 Å². The highest BCUT2D eigenvalue weighted by molar-refractivity contribution is 5.80. The van der Waals surface area contributed by atoms with Crippen LogP contribution >= 0.6 is 0 Å². The molecule has 2 amide bonds. The van der Waals surface area contributed by atoms with Crippen LogP contribution in [0.15, 0.2) is 97.1 Å². The zero-order valence-electron chi connectivity index (χ0n) is 44.5.